The molecule has 1 unspecified atom stereocenters. The van der Waals surface area contributed by atoms with Crippen LogP contribution in [-0.4, -0.2) is 28.3 Å². The summed E-state index contributed by atoms with van der Waals surface area (Å²) in [6.45, 7) is -0.341. The molecule has 0 bridgehead atoms. The first-order chi connectivity index (χ1) is 16.2. The molecule has 0 saturated heterocycles. The fourth-order valence-corrected chi connectivity index (χ4v) is 4.86. The summed E-state index contributed by atoms with van der Waals surface area (Å²) in [6.07, 6.45) is 2.92. The Kier molecular flexibility index (Phi) is 6.04. The van der Waals surface area contributed by atoms with E-state index >= 15 is 0 Å². The zero-order valence-electron chi connectivity index (χ0n) is 17.9. The van der Waals surface area contributed by atoms with Crippen LogP contribution in [0.5, 0.6) is 0 Å². The number of aryl methyl sites for hydroxylation is 1. The number of nitrogens with one attached hydrogen (secondary N) is 1. The van der Waals surface area contributed by atoms with Crippen molar-refractivity contribution in [3.05, 3.63) is 95.0 Å². The van der Waals surface area contributed by atoms with Crippen LogP contribution in [-0.2, 0) is 16.0 Å². The molecule has 2 aromatic heterocycles. The Bertz CT molecular complexity index is 1270. The highest BCUT2D eigenvalue weighted by molar-refractivity contribution is 7.13. The summed E-state index contributed by atoms with van der Waals surface area (Å²) < 4.78 is 6.97. The fraction of sp³-hybridized carbons (Fsp3) is 0.192. The third kappa shape index (κ3) is 4.59. The maximum absolute atomic E-state index is 13.0. The summed E-state index contributed by atoms with van der Waals surface area (Å²) in [6, 6.07) is 23.1. The number of rotatable bonds is 6. The van der Waals surface area contributed by atoms with Gasteiger partial charge < -0.3 is 10.1 Å². The van der Waals surface area contributed by atoms with Crippen molar-refractivity contribution < 1.29 is 14.3 Å². The van der Waals surface area contributed by atoms with Crippen molar-refractivity contribution >= 4 is 23.2 Å². The van der Waals surface area contributed by atoms with E-state index in [9.17, 15) is 9.59 Å². The zero-order valence-corrected chi connectivity index (χ0v) is 18.8. The smallest absolute Gasteiger partial charge is 0.357 e. The Morgan fingerprint density at radius 3 is 2.70 bits per heavy atom. The van der Waals surface area contributed by atoms with E-state index in [0.717, 1.165) is 35.4 Å². The molecule has 1 amide bonds. The number of esters is 1. The van der Waals surface area contributed by atoms with Gasteiger partial charge in [-0.3, -0.25) is 4.79 Å². The minimum absolute atomic E-state index is 0.0542. The highest BCUT2D eigenvalue weighted by atomic mass is 32.1. The first-order valence-electron chi connectivity index (χ1n) is 10.9. The number of carbonyl (C=O) groups excluding carboxylic acids is 2. The van der Waals surface area contributed by atoms with Gasteiger partial charge in [0.25, 0.3) is 5.91 Å². The standard InChI is InChI=1S/C26H23N3O3S/c30-25(27-21-13-6-9-18-8-4-5-12-20(18)21)17-32-26(31)23-16-22(24-14-7-15-33-24)28-29(23)19-10-2-1-3-11-19/h1-5,7-8,10-12,14-16,21H,6,9,13,17H2,(H,27,30). The molecule has 2 heterocycles. The molecule has 6 nitrogen and oxygen atoms in total. The minimum atomic E-state index is -0.589. The van der Waals surface area contributed by atoms with Gasteiger partial charge in [-0.1, -0.05) is 48.5 Å². The van der Waals surface area contributed by atoms with Crippen LogP contribution in [0, 0.1) is 0 Å². The monoisotopic (exact) mass is 457 g/mol. The number of hydrogen-bond donors (Lipinski definition) is 1. The highest BCUT2D eigenvalue weighted by Gasteiger charge is 2.23. The van der Waals surface area contributed by atoms with E-state index < -0.39 is 5.97 Å². The molecule has 166 valence electrons. The van der Waals surface area contributed by atoms with Gasteiger partial charge in [0, 0.05) is 6.07 Å². The lowest BCUT2D eigenvalue weighted by Crippen LogP contribution is -2.34. The second-order valence-corrected chi connectivity index (χ2v) is 8.87. The Balaban J connectivity index is 1.30. The van der Waals surface area contributed by atoms with Gasteiger partial charge in [-0.2, -0.15) is 5.10 Å². The molecule has 1 aliphatic rings. The second-order valence-electron chi connectivity index (χ2n) is 7.93. The summed E-state index contributed by atoms with van der Waals surface area (Å²) >= 11 is 1.54. The number of para-hydroxylation sites is 1. The highest BCUT2D eigenvalue weighted by Crippen LogP contribution is 2.29. The van der Waals surface area contributed by atoms with Crippen molar-refractivity contribution in [2.75, 3.05) is 6.61 Å². The van der Waals surface area contributed by atoms with Crippen molar-refractivity contribution in [2.45, 2.75) is 25.3 Å². The predicted octanol–water partition coefficient (Wildman–Crippen LogP) is 4.95. The molecule has 0 fully saturated rings. The van der Waals surface area contributed by atoms with E-state index in [1.54, 1.807) is 22.1 Å². The zero-order chi connectivity index (χ0) is 22.6. The lowest BCUT2D eigenvalue weighted by Gasteiger charge is -2.26. The lowest BCUT2D eigenvalue weighted by atomic mass is 9.88. The number of nitrogens with zero attached hydrogens (tertiary/aromatic N) is 2. The van der Waals surface area contributed by atoms with Crippen molar-refractivity contribution in [1.82, 2.24) is 15.1 Å². The first kappa shape index (κ1) is 21.2. The Hall–Kier alpha value is -3.71. The van der Waals surface area contributed by atoms with Crippen LogP contribution in [0.15, 0.2) is 78.2 Å². The van der Waals surface area contributed by atoms with Crippen LogP contribution >= 0.6 is 11.3 Å². The molecule has 0 saturated carbocycles. The average Bonchev–Trinajstić information content (AvgIpc) is 3.54. The number of hydrogen-bond acceptors (Lipinski definition) is 5. The number of ether oxygens (including phenoxy) is 1. The van der Waals surface area contributed by atoms with Gasteiger partial charge in [0.15, 0.2) is 12.3 Å². The molecule has 1 N–H and O–H groups in total. The molecular formula is C26H23N3O3S. The molecule has 0 radical (unpaired) electrons. The molecule has 7 heteroatoms. The van der Waals surface area contributed by atoms with Gasteiger partial charge in [-0.15, -0.1) is 11.3 Å². The van der Waals surface area contributed by atoms with Crippen molar-refractivity contribution in [3.8, 4) is 16.3 Å². The number of benzene rings is 2. The van der Waals surface area contributed by atoms with Gasteiger partial charge in [0.1, 0.15) is 5.69 Å². The molecule has 2 aromatic carbocycles. The largest absolute Gasteiger partial charge is 0.451 e. The third-order valence-corrected chi connectivity index (χ3v) is 6.62. The van der Waals surface area contributed by atoms with E-state index in [0.29, 0.717) is 5.69 Å². The van der Waals surface area contributed by atoms with Gasteiger partial charge in [0.05, 0.1) is 16.6 Å². The molecule has 1 aliphatic carbocycles. The SMILES string of the molecule is O=C(COC(=O)c1cc(-c2cccs2)nn1-c1ccccc1)NC1CCCc2ccccc21. The Morgan fingerprint density at radius 2 is 1.88 bits per heavy atom. The summed E-state index contributed by atoms with van der Waals surface area (Å²) in [5, 5.41) is 9.60. The van der Waals surface area contributed by atoms with E-state index in [1.165, 1.54) is 5.56 Å². The molecule has 1 atom stereocenters. The maximum atomic E-state index is 13.0. The van der Waals surface area contributed by atoms with Crippen molar-refractivity contribution in [3.63, 3.8) is 0 Å². The van der Waals surface area contributed by atoms with E-state index in [2.05, 4.69) is 22.5 Å². The van der Waals surface area contributed by atoms with E-state index in [1.807, 2.05) is 60.0 Å². The number of amides is 1. The predicted molar refractivity (Wildman–Crippen MR) is 127 cm³/mol. The van der Waals surface area contributed by atoms with Crippen LogP contribution in [0.25, 0.3) is 16.3 Å². The van der Waals surface area contributed by atoms with Gasteiger partial charge in [0.2, 0.25) is 0 Å². The molecule has 0 spiro atoms. The molecule has 4 aromatic rings. The molecule has 5 rings (SSSR count). The third-order valence-electron chi connectivity index (χ3n) is 5.73. The van der Waals surface area contributed by atoms with Crippen molar-refractivity contribution in [1.29, 1.82) is 0 Å². The van der Waals surface area contributed by atoms with Crippen LogP contribution in [0.2, 0.25) is 0 Å². The molecular weight excluding hydrogens is 434 g/mol. The quantitative estimate of drug-likeness (QED) is 0.416. The van der Waals surface area contributed by atoms with Crippen LogP contribution < -0.4 is 5.32 Å². The van der Waals surface area contributed by atoms with Crippen LogP contribution in [0.4, 0.5) is 0 Å². The number of fused-ring (bicyclic) bond motifs is 1. The average molecular weight is 458 g/mol. The van der Waals surface area contributed by atoms with Crippen molar-refractivity contribution in [2.24, 2.45) is 0 Å². The number of carbonyl (C=O) groups is 2. The van der Waals surface area contributed by atoms with Crippen LogP contribution in [0.1, 0.15) is 40.5 Å². The number of thiophene rings is 1. The summed E-state index contributed by atoms with van der Waals surface area (Å²) in [7, 11) is 0. The van der Waals surface area contributed by atoms with Gasteiger partial charge >= 0.3 is 5.97 Å². The number of aromatic nitrogens is 2. The fourth-order valence-electron chi connectivity index (χ4n) is 4.18. The normalized spacial score (nSPS) is 15.0. The Morgan fingerprint density at radius 1 is 1.06 bits per heavy atom. The summed E-state index contributed by atoms with van der Waals surface area (Å²) in [5.41, 5.74) is 4.12. The minimum Gasteiger partial charge on any atom is -0.451 e. The summed E-state index contributed by atoms with van der Waals surface area (Å²) in [4.78, 5) is 26.5. The van der Waals surface area contributed by atoms with Crippen LogP contribution in [0.3, 0.4) is 0 Å². The summed E-state index contributed by atoms with van der Waals surface area (Å²) in [5.74, 6) is -0.900. The maximum Gasteiger partial charge on any atom is 0.357 e. The van der Waals surface area contributed by atoms with Gasteiger partial charge in [-0.05, 0) is 54.0 Å². The lowest BCUT2D eigenvalue weighted by molar-refractivity contribution is -0.125. The van der Waals surface area contributed by atoms with E-state index in [4.69, 9.17) is 4.74 Å². The Labute approximate surface area is 195 Å². The topological polar surface area (TPSA) is 73.2 Å². The molecule has 33 heavy (non-hydrogen) atoms. The van der Waals surface area contributed by atoms with E-state index in [-0.39, 0.29) is 24.2 Å². The second kappa shape index (κ2) is 9.42. The van der Waals surface area contributed by atoms with Gasteiger partial charge in [-0.25, -0.2) is 9.48 Å². The first-order valence-corrected chi connectivity index (χ1v) is 11.8. The molecule has 0 aliphatic heterocycles.